The van der Waals surface area contributed by atoms with E-state index in [1.165, 1.54) is 16.8 Å². The van der Waals surface area contributed by atoms with Gasteiger partial charge in [-0.15, -0.1) is 5.10 Å². The van der Waals surface area contributed by atoms with Crippen LogP contribution in [-0.2, 0) is 4.79 Å². The van der Waals surface area contributed by atoms with Crippen LogP contribution in [0.2, 0.25) is 0 Å². The fraction of sp³-hybridized carbons (Fsp3) is 0.400. The first kappa shape index (κ1) is 18.7. The topological polar surface area (TPSA) is 75.4 Å². The van der Waals surface area contributed by atoms with E-state index in [1.807, 2.05) is 43.3 Å². The van der Waals surface area contributed by atoms with E-state index in [0.717, 1.165) is 48.3 Å². The van der Waals surface area contributed by atoms with Gasteiger partial charge in [-0.3, -0.25) is 10.2 Å². The summed E-state index contributed by atoms with van der Waals surface area (Å²) in [4.78, 5) is 21.0. The van der Waals surface area contributed by atoms with Crippen molar-refractivity contribution in [3.63, 3.8) is 0 Å². The summed E-state index contributed by atoms with van der Waals surface area (Å²) in [5.41, 5.74) is 2.20. The van der Waals surface area contributed by atoms with E-state index >= 15 is 0 Å². The van der Waals surface area contributed by atoms with Crippen LogP contribution in [0.3, 0.4) is 0 Å². The number of amidine groups is 3. The van der Waals surface area contributed by atoms with Crippen molar-refractivity contribution in [2.45, 2.75) is 19.8 Å². The molecule has 1 fully saturated rings. The minimum absolute atomic E-state index is 0.0829. The smallest absolute Gasteiger partial charge is 0.283 e. The highest BCUT2D eigenvalue weighted by Crippen LogP contribution is 2.31. The molecule has 28 heavy (non-hydrogen) atoms. The standard InChI is InChI=1S/C20H24N6OS/c1-13-8-10-25(11-9-13)20-23-26-17(21)16(18(27)22-19(26)28-20)12-14-4-6-15(7-5-14)24(2)3/h4-7,12-13,21H,8-11H2,1-3H3/b16-12-,21-17?. The van der Waals surface area contributed by atoms with Crippen molar-refractivity contribution in [1.82, 2.24) is 9.91 Å². The van der Waals surface area contributed by atoms with Gasteiger partial charge in [0.1, 0.15) is 0 Å². The van der Waals surface area contributed by atoms with Gasteiger partial charge in [0.2, 0.25) is 5.17 Å². The van der Waals surface area contributed by atoms with Crippen LogP contribution in [-0.4, -0.2) is 59.2 Å². The Labute approximate surface area is 169 Å². The number of nitrogens with zero attached hydrogens (tertiary/aromatic N) is 5. The Morgan fingerprint density at radius 2 is 1.86 bits per heavy atom. The van der Waals surface area contributed by atoms with Gasteiger partial charge in [-0.05, 0) is 54.3 Å². The van der Waals surface area contributed by atoms with E-state index < -0.39 is 0 Å². The van der Waals surface area contributed by atoms with Gasteiger partial charge in [0.15, 0.2) is 11.0 Å². The minimum Gasteiger partial charge on any atom is -0.378 e. The number of amides is 1. The maximum atomic E-state index is 12.5. The second-order valence-corrected chi connectivity index (χ2v) is 8.49. The molecule has 8 heteroatoms. The lowest BCUT2D eigenvalue weighted by Crippen LogP contribution is -2.36. The van der Waals surface area contributed by atoms with Gasteiger partial charge in [-0.25, -0.2) is 0 Å². The number of rotatable bonds is 2. The lowest BCUT2D eigenvalue weighted by Gasteiger charge is -2.30. The van der Waals surface area contributed by atoms with Crippen LogP contribution in [0.25, 0.3) is 6.08 Å². The highest BCUT2D eigenvalue weighted by atomic mass is 32.2. The molecule has 0 spiro atoms. The number of benzene rings is 1. The number of hydrogen-bond acceptors (Lipinski definition) is 6. The number of carbonyl (C=O) groups is 1. The molecular weight excluding hydrogens is 372 g/mol. The van der Waals surface area contributed by atoms with E-state index in [9.17, 15) is 4.79 Å². The predicted molar refractivity (Wildman–Crippen MR) is 116 cm³/mol. The summed E-state index contributed by atoms with van der Waals surface area (Å²) in [6.45, 7) is 4.18. The van der Waals surface area contributed by atoms with Crippen LogP contribution < -0.4 is 4.90 Å². The number of aliphatic imine (C=N–C) groups is 1. The van der Waals surface area contributed by atoms with Gasteiger partial charge in [0, 0.05) is 32.9 Å². The van der Waals surface area contributed by atoms with Crippen LogP contribution in [0.1, 0.15) is 25.3 Å². The molecule has 0 radical (unpaired) electrons. The molecule has 0 atom stereocenters. The minimum atomic E-state index is -0.385. The Morgan fingerprint density at radius 1 is 1.18 bits per heavy atom. The van der Waals surface area contributed by atoms with Gasteiger partial charge in [-0.2, -0.15) is 10.0 Å². The molecular formula is C20H24N6OS. The number of likely N-dealkylation sites (tertiary alicyclic amines) is 1. The molecule has 146 valence electrons. The maximum Gasteiger partial charge on any atom is 0.283 e. The molecule has 3 aliphatic heterocycles. The first-order valence-electron chi connectivity index (χ1n) is 9.45. The van der Waals surface area contributed by atoms with Gasteiger partial charge in [0.05, 0.1) is 5.57 Å². The first-order chi connectivity index (χ1) is 13.4. The highest BCUT2D eigenvalue weighted by Gasteiger charge is 2.37. The van der Waals surface area contributed by atoms with Crippen molar-refractivity contribution in [2.24, 2.45) is 16.0 Å². The van der Waals surface area contributed by atoms with Crippen LogP contribution >= 0.6 is 11.8 Å². The molecule has 1 N–H and O–H groups in total. The van der Waals surface area contributed by atoms with E-state index in [-0.39, 0.29) is 17.3 Å². The molecule has 1 saturated heterocycles. The van der Waals surface area contributed by atoms with Gasteiger partial charge < -0.3 is 9.80 Å². The predicted octanol–water partition coefficient (Wildman–Crippen LogP) is 3.06. The van der Waals surface area contributed by atoms with Crippen molar-refractivity contribution in [3.8, 4) is 0 Å². The average molecular weight is 397 g/mol. The molecule has 0 aliphatic carbocycles. The Morgan fingerprint density at radius 3 is 2.50 bits per heavy atom. The molecule has 3 heterocycles. The zero-order chi connectivity index (χ0) is 19.8. The normalized spacial score (nSPS) is 21.8. The highest BCUT2D eigenvalue weighted by molar-refractivity contribution is 8.26. The monoisotopic (exact) mass is 396 g/mol. The second-order valence-electron chi connectivity index (χ2n) is 7.56. The third-order valence-corrected chi connectivity index (χ3v) is 6.19. The summed E-state index contributed by atoms with van der Waals surface area (Å²) in [5.74, 6) is 0.431. The van der Waals surface area contributed by atoms with Gasteiger partial charge >= 0.3 is 0 Å². The summed E-state index contributed by atoms with van der Waals surface area (Å²) in [6, 6.07) is 7.84. The zero-order valence-corrected chi connectivity index (χ0v) is 17.2. The lowest BCUT2D eigenvalue weighted by molar-refractivity contribution is -0.114. The van der Waals surface area contributed by atoms with Gasteiger partial charge in [-0.1, -0.05) is 19.1 Å². The Balaban J connectivity index is 1.56. The Hall–Kier alpha value is -2.61. The molecule has 4 rings (SSSR count). The molecule has 0 unspecified atom stereocenters. The van der Waals surface area contributed by atoms with Crippen LogP contribution in [0.4, 0.5) is 5.69 Å². The summed E-state index contributed by atoms with van der Waals surface area (Å²) < 4.78 is 0. The summed E-state index contributed by atoms with van der Waals surface area (Å²) >= 11 is 1.38. The number of thioether (sulfide) groups is 1. The van der Waals surface area contributed by atoms with Crippen LogP contribution in [0.5, 0.6) is 0 Å². The third-order valence-electron chi connectivity index (χ3n) is 5.22. The van der Waals surface area contributed by atoms with Crippen molar-refractivity contribution < 1.29 is 4.79 Å². The molecule has 1 aromatic rings. The number of fused-ring (bicyclic) bond motifs is 1. The Bertz CT molecular complexity index is 894. The number of anilines is 1. The molecule has 0 aromatic heterocycles. The number of piperidine rings is 1. The van der Waals surface area contributed by atoms with E-state index in [1.54, 1.807) is 6.08 Å². The largest absolute Gasteiger partial charge is 0.378 e. The Kier molecular flexibility index (Phi) is 4.97. The summed E-state index contributed by atoms with van der Waals surface area (Å²) in [5, 5.41) is 15.9. The maximum absolute atomic E-state index is 12.5. The SMILES string of the molecule is CC1CCN(C2=NN3C(=N)/C(=C/c4ccc(N(C)C)cc4)C(=O)N=C3S2)CC1. The molecule has 1 amide bonds. The van der Waals surface area contributed by atoms with E-state index in [0.29, 0.717) is 5.17 Å². The molecule has 0 saturated carbocycles. The number of hydrogen-bond donors (Lipinski definition) is 1. The van der Waals surface area contributed by atoms with Crippen molar-refractivity contribution in [2.75, 3.05) is 32.1 Å². The molecule has 0 bridgehead atoms. The molecule has 3 aliphatic rings. The fourth-order valence-corrected chi connectivity index (χ4v) is 4.29. The number of nitrogens with one attached hydrogen (secondary N) is 1. The average Bonchev–Trinajstić information content (AvgIpc) is 3.10. The first-order valence-corrected chi connectivity index (χ1v) is 10.3. The molecule has 7 nitrogen and oxygen atoms in total. The quantitative estimate of drug-likeness (QED) is 0.778. The van der Waals surface area contributed by atoms with Crippen molar-refractivity contribution in [1.29, 1.82) is 5.41 Å². The van der Waals surface area contributed by atoms with E-state index in [4.69, 9.17) is 5.41 Å². The summed E-state index contributed by atoms with van der Waals surface area (Å²) in [6.07, 6.45) is 3.98. The summed E-state index contributed by atoms with van der Waals surface area (Å²) in [7, 11) is 3.96. The lowest BCUT2D eigenvalue weighted by atomic mass is 10.00. The van der Waals surface area contributed by atoms with Crippen LogP contribution in [0.15, 0.2) is 39.9 Å². The van der Waals surface area contributed by atoms with Crippen LogP contribution in [0, 0.1) is 11.3 Å². The fourth-order valence-electron chi connectivity index (χ4n) is 3.35. The zero-order valence-electron chi connectivity index (χ0n) is 16.3. The molecule has 1 aromatic carbocycles. The number of carbonyl (C=O) groups excluding carboxylic acids is 1. The van der Waals surface area contributed by atoms with Crippen molar-refractivity contribution >= 4 is 45.6 Å². The van der Waals surface area contributed by atoms with Crippen molar-refractivity contribution in [3.05, 3.63) is 35.4 Å². The second kappa shape index (κ2) is 7.43. The van der Waals surface area contributed by atoms with Gasteiger partial charge in [0.25, 0.3) is 5.91 Å². The van der Waals surface area contributed by atoms with E-state index in [2.05, 4.69) is 21.9 Å². The third kappa shape index (κ3) is 3.56. The number of hydrazone groups is 1.